The van der Waals surface area contributed by atoms with Gasteiger partial charge in [0.25, 0.3) is 5.91 Å². The molecule has 1 N–H and O–H groups in total. The molecule has 0 aliphatic rings. The Kier molecular flexibility index (Phi) is 5.91. The normalized spacial score (nSPS) is 10.7. The second-order valence-electron chi connectivity index (χ2n) is 6.64. The molecular weight excluding hydrogens is 356 g/mol. The molecule has 1 amide bonds. The predicted molar refractivity (Wildman–Crippen MR) is 111 cm³/mol. The predicted octanol–water partition coefficient (Wildman–Crippen LogP) is 4.72. The van der Waals surface area contributed by atoms with Crippen molar-refractivity contribution in [1.82, 2.24) is 10.3 Å². The van der Waals surface area contributed by atoms with E-state index in [9.17, 15) is 4.79 Å². The third-order valence-corrected chi connectivity index (χ3v) is 5.62. The van der Waals surface area contributed by atoms with Crippen molar-refractivity contribution in [3.63, 3.8) is 0 Å². The number of thiazole rings is 1. The van der Waals surface area contributed by atoms with Gasteiger partial charge in [0.2, 0.25) is 0 Å². The minimum Gasteiger partial charge on any atom is -0.497 e. The van der Waals surface area contributed by atoms with Gasteiger partial charge in [-0.05, 0) is 57.2 Å². The number of nitrogens with one attached hydrogen (secondary N) is 1. The number of hydrogen-bond donors (Lipinski definition) is 1. The number of rotatable bonds is 6. The van der Waals surface area contributed by atoms with Crippen molar-refractivity contribution < 1.29 is 9.53 Å². The molecule has 3 rings (SSSR count). The number of aromatic nitrogens is 1. The Labute approximate surface area is 164 Å². The molecule has 3 aromatic rings. The summed E-state index contributed by atoms with van der Waals surface area (Å²) in [5.41, 5.74) is 5.01. The molecular formula is C22H24N2O2S. The summed E-state index contributed by atoms with van der Waals surface area (Å²) >= 11 is 1.68. The van der Waals surface area contributed by atoms with E-state index in [1.807, 2.05) is 57.2 Å². The van der Waals surface area contributed by atoms with Crippen LogP contribution < -0.4 is 10.1 Å². The van der Waals surface area contributed by atoms with E-state index in [1.54, 1.807) is 18.4 Å². The zero-order valence-corrected chi connectivity index (χ0v) is 16.9. The number of ether oxygens (including phenoxy) is 1. The molecule has 1 heterocycles. The second-order valence-corrected chi connectivity index (χ2v) is 7.72. The molecule has 0 spiro atoms. The van der Waals surface area contributed by atoms with Crippen molar-refractivity contribution in [2.75, 3.05) is 13.7 Å². The number of methoxy groups -OCH3 is 1. The lowest BCUT2D eigenvalue weighted by Crippen LogP contribution is -2.25. The Morgan fingerprint density at radius 1 is 1.07 bits per heavy atom. The van der Waals surface area contributed by atoms with Crippen LogP contribution >= 0.6 is 11.3 Å². The molecule has 4 nitrogen and oxygen atoms in total. The van der Waals surface area contributed by atoms with Gasteiger partial charge in [0, 0.05) is 29.0 Å². The van der Waals surface area contributed by atoms with Crippen LogP contribution in [0.15, 0.2) is 42.5 Å². The minimum atomic E-state index is -0.0284. The number of carbonyl (C=O) groups excluding carboxylic acids is 1. The van der Waals surface area contributed by atoms with Crippen LogP contribution in [0.5, 0.6) is 5.75 Å². The van der Waals surface area contributed by atoms with E-state index < -0.39 is 0 Å². The molecule has 0 saturated carbocycles. The zero-order valence-electron chi connectivity index (χ0n) is 16.1. The highest BCUT2D eigenvalue weighted by Crippen LogP contribution is 2.29. The molecule has 0 aliphatic heterocycles. The number of aryl methyl sites for hydroxylation is 3. The van der Waals surface area contributed by atoms with Gasteiger partial charge in [0.15, 0.2) is 0 Å². The van der Waals surface area contributed by atoms with Gasteiger partial charge in [0.05, 0.1) is 12.8 Å². The Balaban J connectivity index is 1.62. The van der Waals surface area contributed by atoms with Gasteiger partial charge in [-0.2, -0.15) is 0 Å². The highest BCUT2D eigenvalue weighted by atomic mass is 32.1. The van der Waals surface area contributed by atoms with Crippen molar-refractivity contribution in [3.05, 3.63) is 69.7 Å². The number of nitrogens with zero attached hydrogens (tertiary/aromatic N) is 1. The second kappa shape index (κ2) is 8.35. The summed E-state index contributed by atoms with van der Waals surface area (Å²) in [6.45, 7) is 6.62. The van der Waals surface area contributed by atoms with Crippen LogP contribution in [0, 0.1) is 20.8 Å². The molecule has 0 aliphatic carbocycles. The van der Waals surface area contributed by atoms with Gasteiger partial charge in [-0.15, -0.1) is 11.3 Å². The lowest BCUT2D eigenvalue weighted by molar-refractivity contribution is 0.0954. The summed E-state index contributed by atoms with van der Waals surface area (Å²) in [7, 11) is 1.66. The van der Waals surface area contributed by atoms with E-state index in [0.717, 1.165) is 39.6 Å². The van der Waals surface area contributed by atoms with Gasteiger partial charge >= 0.3 is 0 Å². The lowest BCUT2D eigenvalue weighted by Gasteiger charge is -2.07. The first-order chi connectivity index (χ1) is 13.0. The molecule has 5 heteroatoms. The first-order valence-electron chi connectivity index (χ1n) is 8.93. The molecule has 0 atom stereocenters. The number of carbonyl (C=O) groups is 1. The Morgan fingerprint density at radius 2 is 1.74 bits per heavy atom. The van der Waals surface area contributed by atoms with E-state index in [4.69, 9.17) is 4.74 Å². The van der Waals surface area contributed by atoms with Crippen molar-refractivity contribution >= 4 is 17.2 Å². The van der Waals surface area contributed by atoms with Gasteiger partial charge in [-0.1, -0.05) is 17.2 Å². The van der Waals surface area contributed by atoms with Gasteiger partial charge in [-0.3, -0.25) is 4.79 Å². The number of benzene rings is 2. The maximum Gasteiger partial charge on any atom is 0.251 e. The van der Waals surface area contributed by atoms with Crippen LogP contribution in [0.25, 0.3) is 10.6 Å². The molecule has 140 valence electrons. The van der Waals surface area contributed by atoms with Crippen molar-refractivity contribution in [3.8, 4) is 16.3 Å². The fourth-order valence-electron chi connectivity index (χ4n) is 3.01. The summed E-state index contributed by atoms with van der Waals surface area (Å²) in [6.07, 6.45) is 0.774. The maximum absolute atomic E-state index is 12.4. The fraction of sp³-hybridized carbons (Fsp3) is 0.273. The van der Waals surface area contributed by atoms with Crippen LogP contribution in [-0.4, -0.2) is 24.5 Å². The first kappa shape index (κ1) is 19.1. The quantitative estimate of drug-likeness (QED) is 0.673. The van der Waals surface area contributed by atoms with Crippen LogP contribution in [0.1, 0.15) is 32.1 Å². The maximum atomic E-state index is 12.4. The molecule has 27 heavy (non-hydrogen) atoms. The first-order valence-corrected chi connectivity index (χ1v) is 9.75. The fourth-order valence-corrected chi connectivity index (χ4v) is 4.08. The van der Waals surface area contributed by atoms with E-state index in [1.165, 1.54) is 4.88 Å². The molecule has 1 aromatic heterocycles. The Bertz CT molecular complexity index is 925. The van der Waals surface area contributed by atoms with Gasteiger partial charge in [0.1, 0.15) is 10.8 Å². The van der Waals surface area contributed by atoms with Crippen molar-refractivity contribution in [1.29, 1.82) is 0 Å². The van der Waals surface area contributed by atoms with Crippen LogP contribution in [0.4, 0.5) is 0 Å². The topological polar surface area (TPSA) is 51.2 Å². The SMILES string of the molecule is COc1ccc(-c2nc(C)c(CCNC(=O)c3cc(C)cc(C)c3)s2)cc1. The lowest BCUT2D eigenvalue weighted by atomic mass is 10.1. The third-order valence-electron chi connectivity index (χ3n) is 4.35. The molecule has 0 unspecified atom stereocenters. The average Bonchev–Trinajstić information content (AvgIpc) is 3.01. The number of amides is 1. The zero-order chi connectivity index (χ0) is 19.4. The van der Waals surface area contributed by atoms with Crippen LogP contribution in [0.2, 0.25) is 0 Å². The summed E-state index contributed by atoms with van der Waals surface area (Å²) < 4.78 is 5.20. The summed E-state index contributed by atoms with van der Waals surface area (Å²) in [5, 5.41) is 4.01. The molecule has 0 radical (unpaired) electrons. The molecule has 2 aromatic carbocycles. The largest absolute Gasteiger partial charge is 0.497 e. The minimum absolute atomic E-state index is 0.0284. The Hall–Kier alpha value is -2.66. The van der Waals surface area contributed by atoms with Crippen molar-refractivity contribution in [2.24, 2.45) is 0 Å². The Morgan fingerprint density at radius 3 is 2.37 bits per heavy atom. The summed E-state index contributed by atoms with van der Waals surface area (Å²) in [5.74, 6) is 0.806. The van der Waals surface area contributed by atoms with E-state index >= 15 is 0 Å². The molecule has 0 fully saturated rings. The van der Waals surface area contributed by atoms with Crippen molar-refractivity contribution in [2.45, 2.75) is 27.2 Å². The highest BCUT2D eigenvalue weighted by molar-refractivity contribution is 7.15. The highest BCUT2D eigenvalue weighted by Gasteiger charge is 2.11. The van der Waals surface area contributed by atoms with E-state index in [2.05, 4.69) is 16.4 Å². The van der Waals surface area contributed by atoms with Gasteiger partial charge in [-0.25, -0.2) is 4.98 Å². The molecule has 0 bridgehead atoms. The smallest absolute Gasteiger partial charge is 0.251 e. The summed E-state index contributed by atoms with van der Waals surface area (Å²) in [4.78, 5) is 18.3. The monoisotopic (exact) mass is 380 g/mol. The molecule has 0 saturated heterocycles. The van der Waals surface area contributed by atoms with Crippen LogP contribution in [-0.2, 0) is 6.42 Å². The number of hydrogen-bond acceptors (Lipinski definition) is 4. The van der Waals surface area contributed by atoms with E-state index in [-0.39, 0.29) is 5.91 Å². The summed E-state index contributed by atoms with van der Waals surface area (Å²) in [6, 6.07) is 13.8. The van der Waals surface area contributed by atoms with Gasteiger partial charge < -0.3 is 10.1 Å². The average molecular weight is 381 g/mol. The standard InChI is InChI=1S/C22H24N2O2S/c1-14-11-15(2)13-18(12-14)21(25)23-10-9-20-16(3)24-22(27-20)17-5-7-19(26-4)8-6-17/h5-8,11-13H,9-10H2,1-4H3,(H,23,25). The third kappa shape index (κ3) is 4.74. The van der Waals surface area contributed by atoms with E-state index in [0.29, 0.717) is 12.1 Å². The van der Waals surface area contributed by atoms with Crippen LogP contribution in [0.3, 0.4) is 0 Å².